The van der Waals surface area contributed by atoms with E-state index in [4.69, 9.17) is 16.7 Å². The quantitative estimate of drug-likeness (QED) is 0.727. The monoisotopic (exact) mass is 270 g/mol. The van der Waals surface area contributed by atoms with E-state index in [0.29, 0.717) is 11.4 Å². The van der Waals surface area contributed by atoms with Gasteiger partial charge in [-0.2, -0.15) is 5.26 Å². The molecule has 0 spiro atoms. The summed E-state index contributed by atoms with van der Waals surface area (Å²) in [4.78, 5) is 12.0. The van der Waals surface area contributed by atoms with E-state index in [0.717, 1.165) is 6.07 Å². The SMILES string of the molecule is N#Cc1ccc(NC(=O)c2cc(N)cc(N)c2)c(F)c1. The molecule has 0 aliphatic carbocycles. The summed E-state index contributed by atoms with van der Waals surface area (Å²) in [6, 6.07) is 9.97. The van der Waals surface area contributed by atoms with Crippen molar-refractivity contribution in [3.63, 3.8) is 0 Å². The average Bonchev–Trinajstić information content (AvgIpc) is 2.39. The molecular formula is C14H11FN4O. The van der Waals surface area contributed by atoms with Crippen LogP contribution in [-0.4, -0.2) is 5.91 Å². The molecule has 20 heavy (non-hydrogen) atoms. The minimum absolute atomic E-state index is 0.0185. The summed E-state index contributed by atoms with van der Waals surface area (Å²) in [7, 11) is 0. The molecule has 1 amide bonds. The van der Waals surface area contributed by atoms with Gasteiger partial charge in [-0.1, -0.05) is 0 Å². The molecule has 0 heterocycles. The predicted molar refractivity (Wildman–Crippen MR) is 74.3 cm³/mol. The topological polar surface area (TPSA) is 105 Å². The number of hydrogen-bond acceptors (Lipinski definition) is 4. The number of nitrogens with two attached hydrogens (primary N) is 2. The van der Waals surface area contributed by atoms with Crippen LogP contribution in [-0.2, 0) is 0 Å². The summed E-state index contributed by atoms with van der Waals surface area (Å²) in [5.41, 5.74) is 12.2. The fourth-order valence-electron chi connectivity index (χ4n) is 1.69. The van der Waals surface area contributed by atoms with Gasteiger partial charge in [0.25, 0.3) is 5.91 Å². The Morgan fingerprint density at radius 1 is 1.15 bits per heavy atom. The number of hydrogen-bond donors (Lipinski definition) is 3. The maximum absolute atomic E-state index is 13.7. The Balaban J connectivity index is 2.26. The van der Waals surface area contributed by atoms with Crippen molar-refractivity contribution in [1.29, 1.82) is 5.26 Å². The van der Waals surface area contributed by atoms with Crippen molar-refractivity contribution in [2.75, 3.05) is 16.8 Å². The average molecular weight is 270 g/mol. The largest absolute Gasteiger partial charge is 0.399 e. The fourth-order valence-corrected chi connectivity index (χ4v) is 1.69. The lowest BCUT2D eigenvalue weighted by Crippen LogP contribution is -2.13. The van der Waals surface area contributed by atoms with Gasteiger partial charge in [0, 0.05) is 16.9 Å². The van der Waals surface area contributed by atoms with Crippen molar-refractivity contribution in [3.8, 4) is 6.07 Å². The van der Waals surface area contributed by atoms with E-state index in [1.165, 1.54) is 30.3 Å². The molecule has 6 heteroatoms. The van der Waals surface area contributed by atoms with Gasteiger partial charge in [0.1, 0.15) is 5.82 Å². The number of benzene rings is 2. The van der Waals surface area contributed by atoms with Gasteiger partial charge in [0.15, 0.2) is 0 Å². The standard InChI is InChI=1S/C14H11FN4O/c15-12-3-8(7-16)1-2-13(12)19-14(20)9-4-10(17)6-11(18)5-9/h1-6H,17-18H2,(H,19,20). The minimum atomic E-state index is -0.686. The highest BCUT2D eigenvalue weighted by Crippen LogP contribution is 2.18. The number of nitrogens with one attached hydrogen (secondary N) is 1. The first-order valence-electron chi connectivity index (χ1n) is 5.66. The summed E-state index contributed by atoms with van der Waals surface area (Å²) in [6.45, 7) is 0. The van der Waals surface area contributed by atoms with Crippen LogP contribution in [0.5, 0.6) is 0 Å². The van der Waals surface area contributed by atoms with Crippen LogP contribution in [0, 0.1) is 17.1 Å². The van der Waals surface area contributed by atoms with Crippen LogP contribution < -0.4 is 16.8 Å². The highest BCUT2D eigenvalue weighted by atomic mass is 19.1. The van der Waals surface area contributed by atoms with Gasteiger partial charge in [-0.15, -0.1) is 0 Å². The van der Waals surface area contributed by atoms with Gasteiger partial charge in [-0.3, -0.25) is 4.79 Å². The summed E-state index contributed by atoms with van der Waals surface area (Å²) < 4.78 is 13.7. The van der Waals surface area contributed by atoms with Gasteiger partial charge in [-0.05, 0) is 36.4 Å². The molecule has 2 aromatic rings. The van der Waals surface area contributed by atoms with Crippen LogP contribution in [0.4, 0.5) is 21.5 Å². The minimum Gasteiger partial charge on any atom is -0.399 e. The predicted octanol–water partition coefficient (Wildman–Crippen LogP) is 2.11. The molecule has 5 nitrogen and oxygen atoms in total. The molecule has 0 saturated carbocycles. The summed E-state index contributed by atoms with van der Waals surface area (Å²) >= 11 is 0. The molecule has 2 rings (SSSR count). The van der Waals surface area contributed by atoms with E-state index in [1.54, 1.807) is 0 Å². The zero-order valence-electron chi connectivity index (χ0n) is 10.4. The van der Waals surface area contributed by atoms with Crippen LogP contribution in [0.3, 0.4) is 0 Å². The number of nitrogens with zero attached hydrogens (tertiary/aromatic N) is 1. The number of nitrogen functional groups attached to an aromatic ring is 2. The smallest absolute Gasteiger partial charge is 0.255 e. The van der Waals surface area contributed by atoms with Crippen molar-refractivity contribution >= 4 is 23.0 Å². The Hall–Kier alpha value is -3.07. The van der Waals surface area contributed by atoms with E-state index in [9.17, 15) is 9.18 Å². The second-order valence-electron chi connectivity index (χ2n) is 4.15. The number of amides is 1. The second-order valence-corrected chi connectivity index (χ2v) is 4.15. The molecule has 0 radical (unpaired) electrons. The molecule has 0 unspecified atom stereocenters. The van der Waals surface area contributed by atoms with Crippen molar-refractivity contribution < 1.29 is 9.18 Å². The summed E-state index contributed by atoms with van der Waals surface area (Å²) in [5, 5.41) is 11.0. The van der Waals surface area contributed by atoms with Gasteiger partial charge < -0.3 is 16.8 Å². The molecule has 0 fully saturated rings. The lowest BCUT2D eigenvalue weighted by molar-refractivity contribution is 0.102. The molecule has 100 valence electrons. The Kier molecular flexibility index (Phi) is 3.53. The lowest BCUT2D eigenvalue weighted by Gasteiger charge is -2.08. The normalized spacial score (nSPS) is 9.80. The molecule has 0 atom stereocenters. The summed E-state index contributed by atoms with van der Waals surface area (Å²) in [5.74, 6) is -1.22. The molecular weight excluding hydrogens is 259 g/mol. The molecule has 0 saturated heterocycles. The summed E-state index contributed by atoms with van der Waals surface area (Å²) in [6.07, 6.45) is 0. The number of carbonyl (C=O) groups excluding carboxylic acids is 1. The first-order chi connectivity index (χ1) is 9.49. The molecule has 0 bridgehead atoms. The van der Waals surface area contributed by atoms with E-state index >= 15 is 0 Å². The number of rotatable bonds is 2. The third-order valence-corrected chi connectivity index (χ3v) is 2.59. The Morgan fingerprint density at radius 2 is 1.80 bits per heavy atom. The van der Waals surface area contributed by atoms with Crippen molar-refractivity contribution in [2.45, 2.75) is 0 Å². The van der Waals surface area contributed by atoms with Gasteiger partial charge in [0.2, 0.25) is 0 Å². The van der Waals surface area contributed by atoms with Crippen LogP contribution in [0.15, 0.2) is 36.4 Å². The van der Waals surface area contributed by atoms with E-state index < -0.39 is 11.7 Å². The first-order valence-corrected chi connectivity index (χ1v) is 5.66. The van der Waals surface area contributed by atoms with E-state index in [1.807, 2.05) is 6.07 Å². The molecule has 0 aliphatic rings. The Labute approximate surface area is 114 Å². The van der Waals surface area contributed by atoms with E-state index in [-0.39, 0.29) is 16.8 Å². The zero-order chi connectivity index (χ0) is 14.7. The number of nitriles is 1. The van der Waals surface area contributed by atoms with Gasteiger partial charge in [-0.25, -0.2) is 4.39 Å². The first kappa shape index (κ1) is 13.4. The number of halogens is 1. The highest BCUT2D eigenvalue weighted by molar-refractivity contribution is 6.05. The number of carbonyl (C=O) groups is 1. The van der Waals surface area contributed by atoms with Crippen molar-refractivity contribution in [1.82, 2.24) is 0 Å². The van der Waals surface area contributed by atoms with E-state index in [2.05, 4.69) is 5.32 Å². The number of anilines is 3. The maximum Gasteiger partial charge on any atom is 0.255 e. The molecule has 0 aromatic heterocycles. The fraction of sp³-hybridized carbons (Fsp3) is 0. The lowest BCUT2D eigenvalue weighted by atomic mass is 10.1. The third-order valence-electron chi connectivity index (χ3n) is 2.59. The second kappa shape index (κ2) is 5.28. The van der Waals surface area contributed by atoms with Crippen LogP contribution in [0.2, 0.25) is 0 Å². The Morgan fingerprint density at radius 3 is 2.35 bits per heavy atom. The van der Waals surface area contributed by atoms with Crippen LogP contribution >= 0.6 is 0 Å². The van der Waals surface area contributed by atoms with Gasteiger partial charge >= 0.3 is 0 Å². The third kappa shape index (κ3) is 2.84. The van der Waals surface area contributed by atoms with Crippen molar-refractivity contribution in [3.05, 3.63) is 53.3 Å². The molecule has 5 N–H and O–H groups in total. The highest BCUT2D eigenvalue weighted by Gasteiger charge is 2.11. The van der Waals surface area contributed by atoms with Crippen molar-refractivity contribution in [2.24, 2.45) is 0 Å². The maximum atomic E-state index is 13.7. The zero-order valence-corrected chi connectivity index (χ0v) is 10.4. The Bertz CT molecular complexity index is 701. The molecule has 0 aliphatic heterocycles. The van der Waals surface area contributed by atoms with Crippen LogP contribution in [0.25, 0.3) is 0 Å². The van der Waals surface area contributed by atoms with Crippen LogP contribution in [0.1, 0.15) is 15.9 Å². The van der Waals surface area contributed by atoms with Gasteiger partial charge in [0.05, 0.1) is 17.3 Å². The molecule has 2 aromatic carbocycles.